The fraction of sp³-hybridized carbons (Fsp3) is 0.200. The zero-order valence-electron chi connectivity index (χ0n) is 10.4. The van der Waals surface area contributed by atoms with Crippen LogP contribution >= 0.6 is 0 Å². The summed E-state index contributed by atoms with van der Waals surface area (Å²) in [5, 5.41) is 1.79. The average molecular weight is 257 g/mol. The van der Waals surface area contributed by atoms with E-state index in [0.29, 0.717) is 6.54 Å². The van der Waals surface area contributed by atoms with E-state index in [1.54, 1.807) is 5.06 Å². The highest BCUT2D eigenvalue weighted by molar-refractivity contribution is 5.18. The Kier molecular flexibility index (Phi) is 3.86. The second kappa shape index (κ2) is 5.95. The zero-order valence-corrected chi connectivity index (χ0v) is 10.4. The molecule has 19 heavy (non-hydrogen) atoms. The predicted octanol–water partition coefficient (Wildman–Crippen LogP) is 3.04. The van der Waals surface area contributed by atoms with Gasteiger partial charge in [-0.15, -0.1) is 5.06 Å². The molecular formula is C15H15NO3. The normalized spacial score (nSPS) is 20.3. The second-order valence-corrected chi connectivity index (χ2v) is 4.28. The van der Waals surface area contributed by atoms with E-state index in [1.165, 1.54) is 0 Å². The van der Waals surface area contributed by atoms with Crippen LogP contribution in [0.4, 0.5) is 0 Å². The molecule has 0 aromatic heterocycles. The Labute approximate surface area is 112 Å². The molecule has 2 aromatic rings. The topological polar surface area (TPSA) is 30.9 Å². The fourth-order valence-electron chi connectivity index (χ4n) is 2.03. The third kappa shape index (κ3) is 3.00. The molecule has 0 spiro atoms. The molecule has 98 valence electrons. The van der Waals surface area contributed by atoms with E-state index in [2.05, 4.69) is 12.1 Å². The minimum atomic E-state index is -0.352. The maximum absolute atomic E-state index is 5.54. The number of nitrogens with zero attached hydrogens (tertiary/aromatic N) is 1. The molecule has 1 saturated heterocycles. The quantitative estimate of drug-likeness (QED) is 0.791. The van der Waals surface area contributed by atoms with Gasteiger partial charge in [-0.1, -0.05) is 60.7 Å². The van der Waals surface area contributed by atoms with Gasteiger partial charge in [0.1, 0.15) is 0 Å². The summed E-state index contributed by atoms with van der Waals surface area (Å²) >= 11 is 0. The summed E-state index contributed by atoms with van der Waals surface area (Å²) in [6.07, 6.45) is -0.352. The van der Waals surface area contributed by atoms with Gasteiger partial charge in [0.05, 0.1) is 6.54 Å². The van der Waals surface area contributed by atoms with Gasteiger partial charge in [0.15, 0.2) is 6.23 Å². The van der Waals surface area contributed by atoms with Crippen LogP contribution in [0, 0.1) is 0 Å². The van der Waals surface area contributed by atoms with E-state index < -0.39 is 0 Å². The minimum absolute atomic E-state index is 0.107. The van der Waals surface area contributed by atoms with E-state index in [0.717, 1.165) is 11.1 Å². The smallest absolute Gasteiger partial charge is 0.201 e. The summed E-state index contributed by atoms with van der Waals surface area (Å²) in [6, 6.07) is 20.0. The lowest BCUT2D eigenvalue weighted by Crippen LogP contribution is -2.35. The Balaban J connectivity index is 1.78. The second-order valence-electron chi connectivity index (χ2n) is 4.28. The first-order valence-electron chi connectivity index (χ1n) is 6.20. The van der Waals surface area contributed by atoms with E-state index in [-0.39, 0.29) is 13.0 Å². The molecule has 1 aliphatic heterocycles. The van der Waals surface area contributed by atoms with Gasteiger partial charge in [0, 0.05) is 5.56 Å². The van der Waals surface area contributed by atoms with Crippen molar-refractivity contribution < 1.29 is 14.6 Å². The van der Waals surface area contributed by atoms with Crippen molar-refractivity contribution >= 4 is 0 Å². The Morgan fingerprint density at radius 1 is 0.947 bits per heavy atom. The van der Waals surface area contributed by atoms with Crippen LogP contribution in [-0.2, 0) is 21.2 Å². The molecule has 0 N–H and O–H groups in total. The molecule has 1 heterocycles. The van der Waals surface area contributed by atoms with Crippen LogP contribution in [0.15, 0.2) is 60.7 Å². The van der Waals surface area contributed by atoms with Gasteiger partial charge in [0.25, 0.3) is 0 Å². The maximum Gasteiger partial charge on any atom is 0.201 e. The molecule has 4 nitrogen and oxygen atoms in total. The van der Waals surface area contributed by atoms with E-state index in [4.69, 9.17) is 14.6 Å². The van der Waals surface area contributed by atoms with Gasteiger partial charge in [0.2, 0.25) is 6.79 Å². The predicted molar refractivity (Wildman–Crippen MR) is 69.3 cm³/mol. The summed E-state index contributed by atoms with van der Waals surface area (Å²) in [4.78, 5) is 15.8. The number of hydrogen-bond donors (Lipinski definition) is 0. The van der Waals surface area contributed by atoms with Crippen molar-refractivity contribution in [2.45, 2.75) is 12.8 Å². The lowest BCUT2D eigenvalue weighted by molar-refractivity contribution is -0.498. The van der Waals surface area contributed by atoms with Crippen LogP contribution in [-0.4, -0.2) is 11.9 Å². The average Bonchev–Trinajstić information content (AvgIpc) is 2.50. The molecule has 1 unspecified atom stereocenters. The Morgan fingerprint density at radius 3 is 2.37 bits per heavy atom. The van der Waals surface area contributed by atoms with Gasteiger partial charge < -0.3 is 0 Å². The van der Waals surface area contributed by atoms with Crippen molar-refractivity contribution in [3.63, 3.8) is 0 Å². The molecule has 2 aromatic carbocycles. The van der Waals surface area contributed by atoms with Gasteiger partial charge in [-0.3, -0.25) is 4.84 Å². The summed E-state index contributed by atoms with van der Waals surface area (Å²) in [6.45, 7) is 0.750. The van der Waals surface area contributed by atoms with Crippen LogP contribution in [0.3, 0.4) is 0 Å². The molecule has 1 aliphatic rings. The minimum Gasteiger partial charge on any atom is -0.264 e. The molecule has 0 bridgehead atoms. The lowest BCUT2D eigenvalue weighted by Gasteiger charge is -2.33. The Bertz CT molecular complexity index is 503. The van der Waals surface area contributed by atoms with Gasteiger partial charge in [-0.2, -0.15) is 0 Å². The van der Waals surface area contributed by atoms with Crippen molar-refractivity contribution in [1.29, 1.82) is 0 Å². The zero-order chi connectivity index (χ0) is 12.9. The van der Waals surface area contributed by atoms with Crippen molar-refractivity contribution in [1.82, 2.24) is 5.06 Å². The number of hydroxylamine groups is 2. The fourth-order valence-corrected chi connectivity index (χ4v) is 2.03. The summed E-state index contributed by atoms with van der Waals surface area (Å²) in [5.74, 6) is 0. The Hall–Kier alpha value is -1.72. The lowest BCUT2D eigenvalue weighted by atomic mass is 10.1. The van der Waals surface area contributed by atoms with Crippen molar-refractivity contribution in [2.75, 3.05) is 6.79 Å². The highest BCUT2D eigenvalue weighted by Crippen LogP contribution is 2.27. The van der Waals surface area contributed by atoms with E-state index in [9.17, 15) is 0 Å². The monoisotopic (exact) mass is 257 g/mol. The highest BCUT2D eigenvalue weighted by atomic mass is 17.3. The molecule has 1 atom stereocenters. The molecule has 3 rings (SSSR count). The first-order chi connectivity index (χ1) is 9.43. The SMILES string of the molecule is c1ccc(CN2OCOOC2c2ccccc2)cc1. The third-order valence-corrected chi connectivity index (χ3v) is 2.95. The van der Waals surface area contributed by atoms with Crippen LogP contribution in [0.5, 0.6) is 0 Å². The molecule has 0 aliphatic carbocycles. The molecule has 0 amide bonds. The molecule has 4 heteroatoms. The summed E-state index contributed by atoms with van der Waals surface area (Å²) in [5.41, 5.74) is 2.16. The van der Waals surface area contributed by atoms with Gasteiger partial charge in [-0.05, 0) is 5.56 Å². The van der Waals surface area contributed by atoms with Crippen LogP contribution in [0.1, 0.15) is 17.4 Å². The molecule has 0 radical (unpaired) electrons. The number of hydrogen-bond acceptors (Lipinski definition) is 4. The summed E-state index contributed by atoms with van der Waals surface area (Å²) in [7, 11) is 0. The van der Waals surface area contributed by atoms with E-state index >= 15 is 0 Å². The van der Waals surface area contributed by atoms with Crippen molar-refractivity contribution in [2.24, 2.45) is 0 Å². The first kappa shape index (κ1) is 12.3. The maximum atomic E-state index is 5.54. The number of rotatable bonds is 3. The standard InChI is InChI=1S/C15H15NO3/c1-3-7-13(8-4-1)11-16-15(19-18-12-17-16)14-9-5-2-6-10-14/h1-10,15H,11-12H2. The van der Waals surface area contributed by atoms with Crippen LogP contribution in [0.25, 0.3) is 0 Å². The largest absolute Gasteiger partial charge is 0.264 e. The van der Waals surface area contributed by atoms with E-state index in [1.807, 2.05) is 48.5 Å². The van der Waals surface area contributed by atoms with Crippen LogP contribution in [0.2, 0.25) is 0 Å². The Morgan fingerprint density at radius 2 is 1.63 bits per heavy atom. The summed E-state index contributed by atoms with van der Waals surface area (Å²) < 4.78 is 0. The molecule has 0 saturated carbocycles. The van der Waals surface area contributed by atoms with Gasteiger partial charge >= 0.3 is 0 Å². The first-order valence-corrected chi connectivity index (χ1v) is 6.20. The third-order valence-electron chi connectivity index (χ3n) is 2.95. The molecule has 1 fully saturated rings. The van der Waals surface area contributed by atoms with Crippen molar-refractivity contribution in [3.8, 4) is 0 Å². The van der Waals surface area contributed by atoms with Crippen molar-refractivity contribution in [3.05, 3.63) is 71.8 Å². The highest BCUT2D eigenvalue weighted by Gasteiger charge is 2.27. The number of benzene rings is 2. The van der Waals surface area contributed by atoms with Crippen LogP contribution < -0.4 is 0 Å². The molecular weight excluding hydrogens is 242 g/mol. The van der Waals surface area contributed by atoms with Gasteiger partial charge in [-0.25, -0.2) is 9.78 Å².